The molecule has 0 aliphatic rings. The number of nitrogens with one attached hydrogen (secondary N) is 1. The summed E-state index contributed by atoms with van der Waals surface area (Å²) in [6, 6.07) is 10.7. The second-order valence-corrected chi connectivity index (χ2v) is 5.91. The Balaban J connectivity index is 2.16. The van der Waals surface area contributed by atoms with E-state index in [1.165, 1.54) is 16.0 Å². The third-order valence-corrected chi connectivity index (χ3v) is 4.70. The van der Waals surface area contributed by atoms with Gasteiger partial charge in [-0.15, -0.1) is 11.8 Å². The number of anilines is 1. The number of benzene rings is 1. The number of hydrogen-bond acceptors (Lipinski definition) is 4. The fraction of sp³-hybridized carbons (Fsp3) is 0.312. The van der Waals surface area contributed by atoms with Gasteiger partial charge in [-0.3, -0.25) is 0 Å². The monoisotopic (exact) mass is 287 g/mol. The predicted octanol–water partition coefficient (Wildman–Crippen LogP) is 3.33. The van der Waals surface area contributed by atoms with Gasteiger partial charge in [-0.25, -0.2) is 4.98 Å². The highest BCUT2D eigenvalue weighted by atomic mass is 32.2. The minimum Gasteiger partial charge on any atom is -0.383 e. The van der Waals surface area contributed by atoms with E-state index in [1.807, 2.05) is 24.9 Å². The third kappa shape index (κ3) is 3.32. The largest absolute Gasteiger partial charge is 0.383 e. The molecular weight excluding hydrogens is 266 g/mol. The number of aryl methyl sites for hydroxylation is 2. The lowest BCUT2D eigenvalue weighted by Crippen LogP contribution is -2.21. The van der Waals surface area contributed by atoms with Crippen molar-refractivity contribution in [2.24, 2.45) is 0 Å². The van der Waals surface area contributed by atoms with E-state index < -0.39 is 0 Å². The number of hydrogen-bond donors (Lipinski definition) is 2. The van der Waals surface area contributed by atoms with Gasteiger partial charge in [0, 0.05) is 28.5 Å². The molecule has 106 valence electrons. The molecule has 0 fully saturated rings. The van der Waals surface area contributed by atoms with Crippen LogP contribution < -0.4 is 11.1 Å². The van der Waals surface area contributed by atoms with E-state index in [-0.39, 0.29) is 6.04 Å². The van der Waals surface area contributed by atoms with Crippen LogP contribution in [0.25, 0.3) is 0 Å². The van der Waals surface area contributed by atoms with Crippen molar-refractivity contribution in [2.45, 2.75) is 24.8 Å². The van der Waals surface area contributed by atoms with E-state index in [2.05, 4.69) is 48.4 Å². The van der Waals surface area contributed by atoms with Crippen molar-refractivity contribution in [3.63, 3.8) is 0 Å². The number of pyridine rings is 1. The average molecular weight is 287 g/mol. The van der Waals surface area contributed by atoms with E-state index in [0.29, 0.717) is 5.82 Å². The third-order valence-electron chi connectivity index (χ3n) is 3.43. The van der Waals surface area contributed by atoms with Crippen LogP contribution in [-0.2, 0) is 0 Å². The van der Waals surface area contributed by atoms with Gasteiger partial charge in [0.05, 0.1) is 0 Å². The summed E-state index contributed by atoms with van der Waals surface area (Å²) in [6.07, 6.45) is 1.76. The van der Waals surface area contributed by atoms with Gasteiger partial charge < -0.3 is 11.1 Å². The molecule has 0 spiro atoms. The number of nitrogens with two attached hydrogens (primary N) is 1. The van der Waals surface area contributed by atoms with E-state index in [9.17, 15) is 0 Å². The summed E-state index contributed by atoms with van der Waals surface area (Å²) in [5, 5.41) is 3.35. The van der Waals surface area contributed by atoms with Crippen LogP contribution in [-0.4, -0.2) is 17.8 Å². The maximum Gasteiger partial charge on any atom is 0.128 e. The lowest BCUT2D eigenvalue weighted by atomic mass is 10.0. The van der Waals surface area contributed by atoms with Gasteiger partial charge in [0.25, 0.3) is 0 Å². The molecule has 0 aliphatic heterocycles. The van der Waals surface area contributed by atoms with Gasteiger partial charge in [0.15, 0.2) is 0 Å². The van der Waals surface area contributed by atoms with Crippen LogP contribution in [0.3, 0.4) is 0 Å². The Hall–Kier alpha value is -1.52. The van der Waals surface area contributed by atoms with Crippen LogP contribution in [0.5, 0.6) is 0 Å². The Kier molecular flexibility index (Phi) is 5.04. The number of rotatable bonds is 5. The zero-order valence-electron chi connectivity index (χ0n) is 12.2. The topological polar surface area (TPSA) is 50.9 Å². The van der Waals surface area contributed by atoms with Crippen molar-refractivity contribution in [3.05, 3.63) is 53.2 Å². The van der Waals surface area contributed by atoms with Crippen molar-refractivity contribution >= 4 is 17.6 Å². The van der Waals surface area contributed by atoms with Crippen LogP contribution in [0.15, 0.2) is 41.4 Å². The molecule has 20 heavy (non-hydrogen) atoms. The molecule has 2 rings (SSSR count). The fourth-order valence-corrected chi connectivity index (χ4v) is 3.40. The van der Waals surface area contributed by atoms with Crippen molar-refractivity contribution in [2.75, 3.05) is 18.5 Å². The molecule has 0 saturated heterocycles. The fourth-order valence-electron chi connectivity index (χ4n) is 2.25. The van der Waals surface area contributed by atoms with Crippen LogP contribution in [0.1, 0.15) is 22.7 Å². The summed E-state index contributed by atoms with van der Waals surface area (Å²) in [5.41, 5.74) is 9.64. The Morgan fingerprint density at radius 3 is 2.60 bits per heavy atom. The van der Waals surface area contributed by atoms with Crippen LogP contribution in [0.2, 0.25) is 0 Å². The molecule has 3 nitrogen and oxygen atoms in total. The molecule has 4 heteroatoms. The molecule has 0 bridgehead atoms. The molecule has 1 aromatic carbocycles. The molecule has 0 radical (unpaired) electrons. The molecule has 3 N–H and O–H groups in total. The van der Waals surface area contributed by atoms with E-state index >= 15 is 0 Å². The summed E-state index contributed by atoms with van der Waals surface area (Å²) in [5.74, 6) is 1.55. The van der Waals surface area contributed by atoms with Gasteiger partial charge in [-0.05, 0) is 44.2 Å². The molecular formula is C16H21N3S. The van der Waals surface area contributed by atoms with Crippen molar-refractivity contribution in [1.29, 1.82) is 0 Å². The first-order valence-electron chi connectivity index (χ1n) is 6.70. The number of thioether (sulfide) groups is 1. The molecule has 1 heterocycles. The summed E-state index contributed by atoms with van der Waals surface area (Å²) in [4.78, 5) is 5.52. The standard InChI is InChI=1S/C16H21N3S/c1-11-6-4-5-7-14(11)20-10-13(18-3)15-12(2)8-9-19-16(15)17/h4-9,13,18H,10H2,1-3H3,(H2,17,19). The number of aromatic nitrogens is 1. The molecule has 0 saturated carbocycles. The molecule has 2 aromatic rings. The minimum atomic E-state index is 0.202. The summed E-state index contributed by atoms with van der Waals surface area (Å²) in [7, 11) is 1.97. The van der Waals surface area contributed by atoms with E-state index in [1.54, 1.807) is 6.20 Å². The predicted molar refractivity (Wildman–Crippen MR) is 87.1 cm³/mol. The lowest BCUT2D eigenvalue weighted by Gasteiger charge is -2.20. The second-order valence-electron chi connectivity index (χ2n) is 4.84. The smallest absolute Gasteiger partial charge is 0.128 e. The highest BCUT2D eigenvalue weighted by Gasteiger charge is 2.16. The maximum atomic E-state index is 6.04. The molecule has 1 unspecified atom stereocenters. The summed E-state index contributed by atoms with van der Waals surface area (Å²) in [6.45, 7) is 4.22. The van der Waals surface area contributed by atoms with E-state index in [4.69, 9.17) is 5.73 Å². The normalized spacial score (nSPS) is 12.3. The number of nitrogens with zero attached hydrogens (tertiary/aromatic N) is 1. The second kappa shape index (κ2) is 6.77. The van der Waals surface area contributed by atoms with E-state index in [0.717, 1.165) is 11.3 Å². The Morgan fingerprint density at radius 1 is 1.20 bits per heavy atom. The number of nitrogen functional groups attached to an aromatic ring is 1. The Bertz CT molecular complexity index is 563. The molecule has 1 atom stereocenters. The molecule has 0 aliphatic carbocycles. The Labute approximate surface area is 125 Å². The van der Waals surface area contributed by atoms with Crippen molar-refractivity contribution in [3.8, 4) is 0 Å². The molecule has 1 aromatic heterocycles. The van der Waals surface area contributed by atoms with Gasteiger partial charge >= 0.3 is 0 Å². The highest BCUT2D eigenvalue weighted by Crippen LogP contribution is 2.30. The van der Waals surface area contributed by atoms with Crippen LogP contribution in [0.4, 0.5) is 5.82 Å². The van der Waals surface area contributed by atoms with Gasteiger partial charge in [0.1, 0.15) is 5.82 Å². The minimum absolute atomic E-state index is 0.202. The lowest BCUT2D eigenvalue weighted by molar-refractivity contribution is 0.657. The van der Waals surface area contributed by atoms with Crippen molar-refractivity contribution < 1.29 is 0 Å². The summed E-state index contributed by atoms with van der Waals surface area (Å²) < 4.78 is 0. The summed E-state index contributed by atoms with van der Waals surface area (Å²) >= 11 is 1.85. The van der Waals surface area contributed by atoms with Gasteiger partial charge in [-0.2, -0.15) is 0 Å². The van der Waals surface area contributed by atoms with Crippen LogP contribution >= 0.6 is 11.8 Å². The SMILES string of the molecule is CNC(CSc1ccccc1C)c1c(C)ccnc1N. The highest BCUT2D eigenvalue weighted by molar-refractivity contribution is 7.99. The first-order valence-corrected chi connectivity index (χ1v) is 7.68. The first kappa shape index (κ1) is 14.9. The first-order chi connectivity index (χ1) is 9.63. The van der Waals surface area contributed by atoms with Crippen LogP contribution in [0, 0.1) is 13.8 Å². The van der Waals surface area contributed by atoms with Gasteiger partial charge in [-0.1, -0.05) is 18.2 Å². The van der Waals surface area contributed by atoms with Gasteiger partial charge in [0.2, 0.25) is 0 Å². The van der Waals surface area contributed by atoms with Crippen molar-refractivity contribution in [1.82, 2.24) is 10.3 Å². The molecule has 0 amide bonds. The zero-order chi connectivity index (χ0) is 14.5. The zero-order valence-corrected chi connectivity index (χ0v) is 13.0. The average Bonchev–Trinajstić information content (AvgIpc) is 2.43. The Morgan fingerprint density at radius 2 is 1.95 bits per heavy atom. The maximum absolute atomic E-state index is 6.04. The quantitative estimate of drug-likeness (QED) is 0.828.